The van der Waals surface area contributed by atoms with Crippen molar-refractivity contribution in [3.8, 4) is 0 Å². The molecule has 94 valence electrons. The maximum absolute atomic E-state index is 12.4. The van der Waals surface area contributed by atoms with Gasteiger partial charge in [0.15, 0.2) is 5.78 Å². The number of hydrogen-bond acceptors (Lipinski definition) is 2. The van der Waals surface area contributed by atoms with Gasteiger partial charge in [0.25, 0.3) is 0 Å². The predicted molar refractivity (Wildman–Crippen MR) is 59.1 cm³/mol. The Morgan fingerprint density at radius 1 is 1.35 bits per heavy atom. The Morgan fingerprint density at radius 2 is 2.00 bits per heavy atom. The van der Waals surface area contributed by atoms with Crippen molar-refractivity contribution in [3.63, 3.8) is 0 Å². The fourth-order valence-electron chi connectivity index (χ4n) is 1.53. The van der Waals surface area contributed by atoms with Crippen molar-refractivity contribution < 1.29 is 18.0 Å². The van der Waals surface area contributed by atoms with Gasteiger partial charge in [-0.05, 0) is 31.7 Å². The van der Waals surface area contributed by atoms with E-state index in [4.69, 9.17) is 0 Å². The van der Waals surface area contributed by atoms with Crippen molar-refractivity contribution >= 4 is 5.78 Å². The van der Waals surface area contributed by atoms with Crippen molar-refractivity contribution in [1.29, 1.82) is 0 Å². The Hall–Kier alpha value is -1.36. The van der Waals surface area contributed by atoms with Crippen LogP contribution in [0, 0.1) is 6.92 Å². The fourth-order valence-corrected chi connectivity index (χ4v) is 1.53. The zero-order chi connectivity index (χ0) is 13.1. The topological polar surface area (TPSA) is 29.1 Å². The minimum Gasteiger partial charge on any atom is -0.319 e. The minimum absolute atomic E-state index is 0.148. The van der Waals surface area contributed by atoms with Gasteiger partial charge in [-0.2, -0.15) is 13.2 Å². The van der Waals surface area contributed by atoms with E-state index < -0.39 is 11.7 Å². The average molecular weight is 245 g/mol. The van der Waals surface area contributed by atoms with Crippen molar-refractivity contribution in [2.24, 2.45) is 0 Å². The summed E-state index contributed by atoms with van der Waals surface area (Å²) in [6.07, 6.45) is -4.08. The molecule has 0 aliphatic carbocycles. The van der Waals surface area contributed by atoms with E-state index in [0.29, 0.717) is 17.7 Å². The summed E-state index contributed by atoms with van der Waals surface area (Å²) in [6, 6.07) is 3.20. The van der Waals surface area contributed by atoms with Crippen LogP contribution in [0.5, 0.6) is 0 Å². The summed E-state index contributed by atoms with van der Waals surface area (Å²) in [7, 11) is 1.72. The van der Waals surface area contributed by atoms with Crippen LogP contribution in [-0.2, 0) is 6.18 Å². The predicted octanol–water partition coefficient (Wildman–Crippen LogP) is 2.81. The van der Waals surface area contributed by atoms with Crippen LogP contribution >= 0.6 is 0 Å². The highest BCUT2D eigenvalue weighted by Gasteiger charge is 2.30. The maximum atomic E-state index is 12.4. The van der Waals surface area contributed by atoms with Gasteiger partial charge in [-0.1, -0.05) is 6.07 Å². The van der Waals surface area contributed by atoms with Crippen molar-refractivity contribution in [2.75, 3.05) is 13.6 Å². The number of alkyl halides is 3. The van der Waals surface area contributed by atoms with Crippen molar-refractivity contribution in [1.82, 2.24) is 5.32 Å². The van der Waals surface area contributed by atoms with Crippen LogP contribution in [0.15, 0.2) is 18.2 Å². The molecule has 17 heavy (non-hydrogen) atoms. The van der Waals surface area contributed by atoms with Gasteiger partial charge in [0, 0.05) is 18.5 Å². The molecule has 0 heterocycles. The number of aryl methyl sites for hydroxylation is 1. The van der Waals surface area contributed by atoms with Gasteiger partial charge in [-0.3, -0.25) is 4.79 Å². The van der Waals surface area contributed by atoms with Crippen LogP contribution in [0.2, 0.25) is 0 Å². The molecule has 0 amide bonds. The zero-order valence-corrected chi connectivity index (χ0v) is 9.69. The molecule has 1 aromatic carbocycles. The van der Waals surface area contributed by atoms with E-state index in [9.17, 15) is 18.0 Å². The number of ketones is 1. The molecule has 0 saturated carbocycles. The second-order valence-corrected chi connectivity index (χ2v) is 3.80. The standard InChI is InChI=1S/C12H14F3NO/c1-8-7-9(12(13,14)15)3-4-10(8)11(17)5-6-16-2/h3-4,7,16H,5-6H2,1-2H3. The lowest BCUT2D eigenvalue weighted by molar-refractivity contribution is -0.137. The Kier molecular flexibility index (Phi) is 4.28. The van der Waals surface area contributed by atoms with Crippen LogP contribution in [0.4, 0.5) is 13.2 Å². The van der Waals surface area contributed by atoms with Gasteiger partial charge in [-0.25, -0.2) is 0 Å². The molecule has 0 aliphatic heterocycles. The molecule has 0 saturated heterocycles. The third-order valence-electron chi connectivity index (χ3n) is 2.46. The van der Waals surface area contributed by atoms with Crippen molar-refractivity contribution in [3.05, 3.63) is 34.9 Å². The first-order chi connectivity index (χ1) is 7.86. The van der Waals surface area contributed by atoms with Gasteiger partial charge in [-0.15, -0.1) is 0 Å². The molecule has 2 nitrogen and oxygen atoms in total. The Labute approximate surface area is 97.8 Å². The smallest absolute Gasteiger partial charge is 0.319 e. The van der Waals surface area contributed by atoms with E-state index >= 15 is 0 Å². The number of Topliss-reactive ketones (excluding diaryl/α,β-unsaturated/α-hetero) is 1. The molecule has 1 aromatic rings. The van der Waals surface area contributed by atoms with E-state index in [1.165, 1.54) is 13.0 Å². The quantitative estimate of drug-likeness (QED) is 0.826. The second-order valence-electron chi connectivity index (χ2n) is 3.80. The summed E-state index contributed by atoms with van der Waals surface area (Å²) < 4.78 is 37.2. The molecule has 0 fully saturated rings. The molecule has 5 heteroatoms. The van der Waals surface area contributed by atoms with E-state index in [-0.39, 0.29) is 12.2 Å². The summed E-state index contributed by atoms with van der Waals surface area (Å²) in [5.74, 6) is -0.148. The Bertz CT molecular complexity index is 413. The number of benzene rings is 1. The highest BCUT2D eigenvalue weighted by Crippen LogP contribution is 2.30. The molecule has 1 rings (SSSR count). The monoisotopic (exact) mass is 245 g/mol. The molecular formula is C12H14F3NO. The Morgan fingerprint density at radius 3 is 2.47 bits per heavy atom. The highest BCUT2D eigenvalue weighted by atomic mass is 19.4. The van der Waals surface area contributed by atoms with E-state index in [1.54, 1.807) is 7.05 Å². The molecular weight excluding hydrogens is 231 g/mol. The molecule has 0 aromatic heterocycles. The van der Waals surface area contributed by atoms with Gasteiger partial charge in [0.05, 0.1) is 5.56 Å². The number of carbonyl (C=O) groups is 1. The summed E-state index contributed by atoms with van der Waals surface area (Å²) in [5, 5.41) is 2.82. The summed E-state index contributed by atoms with van der Waals surface area (Å²) >= 11 is 0. The number of nitrogens with one attached hydrogen (secondary N) is 1. The van der Waals surface area contributed by atoms with Crippen LogP contribution < -0.4 is 5.32 Å². The lowest BCUT2D eigenvalue weighted by atomic mass is 10.00. The fraction of sp³-hybridized carbons (Fsp3) is 0.417. The average Bonchev–Trinajstić information content (AvgIpc) is 2.24. The molecule has 0 atom stereocenters. The first kappa shape index (κ1) is 13.7. The molecule has 0 bridgehead atoms. The highest BCUT2D eigenvalue weighted by molar-refractivity contribution is 5.97. The summed E-state index contributed by atoms with van der Waals surface area (Å²) in [4.78, 5) is 11.7. The number of hydrogen-bond donors (Lipinski definition) is 1. The molecule has 0 aliphatic rings. The van der Waals surface area contributed by atoms with Gasteiger partial charge in [0.2, 0.25) is 0 Å². The second kappa shape index (κ2) is 5.31. The van der Waals surface area contributed by atoms with Crippen LogP contribution in [-0.4, -0.2) is 19.4 Å². The van der Waals surface area contributed by atoms with Crippen LogP contribution in [0.25, 0.3) is 0 Å². The Balaban J connectivity index is 2.94. The van der Waals surface area contributed by atoms with Gasteiger partial charge < -0.3 is 5.32 Å². The minimum atomic E-state index is -4.36. The van der Waals surface area contributed by atoms with E-state index in [1.807, 2.05) is 0 Å². The van der Waals surface area contributed by atoms with Gasteiger partial charge in [0.1, 0.15) is 0 Å². The van der Waals surface area contributed by atoms with E-state index in [0.717, 1.165) is 12.1 Å². The largest absolute Gasteiger partial charge is 0.416 e. The van der Waals surface area contributed by atoms with Crippen molar-refractivity contribution in [2.45, 2.75) is 19.5 Å². The number of rotatable bonds is 4. The molecule has 0 radical (unpaired) electrons. The SMILES string of the molecule is CNCCC(=O)c1ccc(C(F)(F)F)cc1C. The number of halogens is 3. The summed E-state index contributed by atoms with van der Waals surface area (Å²) in [6.45, 7) is 2.03. The summed E-state index contributed by atoms with van der Waals surface area (Å²) in [5.41, 5.74) is -0.00524. The number of carbonyl (C=O) groups excluding carboxylic acids is 1. The molecule has 0 spiro atoms. The first-order valence-electron chi connectivity index (χ1n) is 5.22. The van der Waals surface area contributed by atoms with Crippen LogP contribution in [0.3, 0.4) is 0 Å². The van der Waals surface area contributed by atoms with E-state index in [2.05, 4.69) is 5.32 Å². The zero-order valence-electron chi connectivity index (χ0n) is 9.69. The molecule has 0 unspecified atom stereocenters. The lowest BCUT2D eigenvalue weighted by Gasteiger charge is -2.10. The third-order valence-corrected chi connectivity index (χ3v) is 2.46. The van der Waals surface area contributed by atoms with Crippen LogP contribution in [0.1, 0.15) is 27.9 Å². The lowest BCUT2D eigenvalue weighted by Crippen LogP contribution is -2.14. The third kappa shape index (κ3) is 3.56. The molecule has 1 N–H and O–H groups in total. The normalized spacial score (nSPS) is 11.6. The first-order valence-corrected chi connectivity index (χ1v) is 5.22. The maximum Gasteiger partial charge on any atom is 0.416 e. The van der Waals surface area contributed by atoms with Gasteiger partial charge >= 0.3 is 6.18 Å².